The Labute approximate surface area is 239 Å². The van der Waals surface area contributed by atoms with Crippen molar-refractivity contribution in [2.75, 3.05) is 39.6 Å². The summed E-state index contributed by atoms with van der Waals surface area (Å²) in [5, 5.41) is 7.72. The normalized spacial score (nSPS) is 15.9. The molecule has 0 aliphatic heterocycles. The van der Waals surface area contributed by atoms with Gasteiger partial charge in [-0.15, -0.1) is 11.3 Å². The van der Waals surface area contributed by atoms with E-state index in [4.69, 9.17) is 9.88 Å². The number of hydrogen-bond acceptors (Lipinski definition) is 8. The highest BCUT2D eigenvalue weighted by Gasteiger charge is 2.52. The highest BCUT2D eigenvalue weighted by atomic mass is 32.2. The molecule has 14 heteroatoms. The minimum atomic E-state index is -3.82. The number of nitrogens with two attached hydrogens (primary N) is 1. The first-order valence-electron chi connectivity index (χ1n) is 12.6. The zero-order valence-electron chi connectivity index (χ0n) is 22.2. The molecule has 1 fully saturated rings. The van der Waals surface area contributed by atoms with Crippen molar-refractivity contribution in [1.82, 2.24) is 15.2 Å². The van der Waals surface area contributed by atoms with Crippen molar-refractivity contribution < 1.29 is 31.5 Å². The number of ether oxygens (including phenoxy) is 1. The Kier molecular flexibility index (Phi) is 9.37. The van der Waals surface area contributed by atoms with Crippen LogP contribution in [0, 0.1) is 5.92 Å². The van der Waals surface area contributed by atoms with Crippen LogP contribution in [-0.2, 0) is 35.4 Å². The van der Waals surface area contributed by atoms with Crippen LogP contribution in [0.15, 0.2) is 42.5 Å². The third-order valence-corrected chi connectivity index (χ3v) is 10.0. The number of likely N-dealkylation sites (N-methyl/N-ethyl adjacent to an activating group) is 1. The van der Waals surface area contributed by atoms with Crippen molar-refractivity contribution >= 4 is 54.5 Å². The number of carbonyl (C=O) groups excluding carboxylic acids is 2. The average Bonchev–Trinajstić information content (AvgIpc) is 3.63. The number of aromatic nitrogens is 1. The molecule has 0 radical (unpaired) electrons. The number of nitrogens with zero attached hydrogens (tertiary/aromatic N) is 2. The molecule has 216 valence electrons. The van der Waals surface area contributed by atoms with Gasteiger partial charge in [0.15, 0.2) is 11.1 Å². The molecule has 2 atom stereocenters. The molecular formula is C26H32N4O7S3. The Morgan fingerprint density at radius 3 is 2.50 bits per heavy atom. The van der Waals surface area contributed by atoms with Crippen LogP contribution in [0.3, 0.4) is 0 Å². The molecule has 0 spiro atoms. The average molecular weight is 609 g/mol. The molecule has 2 aromatic carbocycles. The third-order valence-electron chi connectivity index (χ3n) is 6.79. The number of hydrogen-bond donors (Lipinski definition) is 3. The minimum Gasteiger partial charge on any atom is -0.383 e. The van der Waals surface area contributed by atoms with Gasteiger partial charge in [0.1, 0.15) is 5.01 Å². The molecule has 4 rings (SSSR count). The van der Waals surface area contributed by atoms with Gasteiger partial charge in [-0.3, -0.25) is 9.59 Å². The van der Waals surface area contributed by atoms with Crippen LogP contribution in [0.1, 0.15) is 34.6 Å². The standard InChI is InChI=1S/C26H32N4O7S3/c1-30(12-13-37-2)23(31)19-7-5-18(6-8-19)20-9-10-21-22(15-20)38-25(29-21)26(39(33)34,16-17-3-4-17)24(32)28-11-14-40(27,35)36/h5-10,15,17H,3-4,11-14,16H2,1-2H3,(H,28,32)(H,33,34)(H2,27,35,36). The molecule has 4 N–H and O–H groups in total. The number of thiazole rings is 1. The van der Waals surface area contributed by atoms with E-state index in [1.54, 1.807) is 37.3 Å². The Bertz CT molecular complexity index is 1520. The molecule has 3 aromatic rings. The molecule has 2 amide bonds. The lowest BCUT2D eigenvalue weighted by atomic mass is 10.0. The molecule has 0 bridgehead atoms. The number of sulfonamides is 1. The van der Waals surface area contributed by atoms with Gasteiger partial charge in [0.05, 0.1) is 22.6 Å². The van der Waals surface area contributed by atoms with E-state index in [1.165, 1.54) is 0 Å². The summed E-state index contributed by atoms with van der Waals surface area (Å²) in [5.74, 6) is -1.26. The summed E-state index contributed by atoms with van der Waals surface area (Å²) in [6.07, 6.45) is 1.79. The number of rotatable bonds is 13. The summed E-state index contributed by atoms with van der Waals surface area (Å²) >= 11 is -1.46. The van der Waals surface area contributed by atoms with Gasteiger partial charge in [-0.1, -0.05) is 31.0 Å². The van der Waals surface area contributed by atoms with Gasteiger partial charge in [-0.2, -0.15) is 0 Å². The molecule has 40 heavy (non-hydrogen) atoms. The fourth-order valence-electron chi connectivity index (χ4n) is 4.31. The lowest BCUT2D eigenvalue weighted by molar-refractivity contribution is -0.124. The molecule has 2 unspecified atom stereocenters. The summed E-state index contributed by atoms with van der Waals surface area (Å²) in [6.45, 7) is 0.643. The van der Waals surface area contributed by atoms with E-state index in [0.29, 0.717) is 24.2 Å². The lowest BCUT2D eigenvalue weighted by Gasteiger charge is -2.27. The fourth-order valence-corrected chi connectivity index (χ4v) is 6.94. The van der Waals surface area contributed by atoms with Gasteiger partial charge in [0.25, 0.3) is 5.91 Å². The van der Waals surface area contributed by atoms with E-state index in [0.717, 1.165) is 40.0 Å². The van der Waals surface area contributed by atoms with E-state index < -0.39 is 37.5 Å². The molecule has 1 aliphatic carbocycles. The van der Waals surface area contributed by atoms with E-state index in [1.807, 2.05) is 24.3 Å². The highest BCUT2D eigenvalue weighted by molar-refractivity contribution is 7.89. The first-order valence-corrected chi connectivity index (χ1v) is 16.2. The van der Waals surface area contributed by atoms with Gasteiger partial charge >= 0.3 is 0 Å². The quantitative estimate of drug-likeness (QED) is 0.248. The van der Waals surface area contributed by atoms with Crippen molar-refractivity contribution in [3.05, 3.63) is 53.0 Å². The van der Waals surface area contributed by atoms with Gasteiger partial charge in [0, 0.05) is 32.8 Å². The maximum atomic E-state index is 13.3. The number of carbonyl (C=O) groups is 2. The second-order valence-corrected chi connectivity index (χ2v) is 13.8. The molecule has 1 saturated carbocycles. The molecule has 11 nitrogen and oxygen atoms in total. The Balaban J connectivity index is 1.62. The SMILES string of the molecule is COCCN(C)C(=O)c1ccc(-c2ccc3nc(C(CC4CC4)(C(=O)NCCS(N)(=O)=O)S(=O)O)sc3c2)cc1. The number of primary sulfonamides is 1. The maximum Gasteiger partial charge on any atom is 0.253 e. The van der Waals surface area contributed by atoms with Crippen LogP contribution >= 0.6 is 11.3 Å². The number of nitrogens with one attached hydrogen (secondary N) is 1. The summed E-state index contributed by atoms with van der Waals surface area (Å²) < 4.78 is 49.8. The van der Waals surface area contributed by atoms with E-state index in [9.17, 15) is 26.8 Å². The largest absolute Gasteiger partial charge is 0.383 e. The summed E-state index contributed by atoms with van der Waals surface area (Å²) in [7, 11) is -0.522. The van der Waals surface area contributed by atoms with E-state index >= 15 is 0 Å². The van der Waals surface area contributed by atoms with Crippen LogP contribution in [0.25, 0.3) is 21.3 Å². The molecule has 1 aliphatic rings. The monoisotopic (exact) mass is 608 g/mol. The van der Waals surface area contributed by atoms with Crippen molar-refractivity contribution in [2.24, 2.45) is 11.1 Å². The van der Waals surface area contributed by atoms with Crippen LogP contribution in [0.2, 0.25) is 0 Å². The third kappa shape index (κ3) is 6.93. The summed E-state index contributed by atoms with van der Waals surface area (Å²) in [6, 6.07) is 12.7. The molecule has 0 saturated heterocycles. The van der Waals surface area contributed by atoms with Gasteiger partial charge < -0.3 is 19.5 Å². The Morgan fingerprint density at radius 1 is 1.23 bits per heavy atom. The number of methoxy groups -OCH3 is 1. The second kappa shape index (κ2) is 12.4. The lowest BCUT2D eigenvalue weighted by Crippen LogP contribution is -2.49. The van der Waals surface area contributed by atoms with Gasteiger partial charge in [0.2, 0.25) is 20.7 Å². The topological polar surface area (TPSA) is 169 Å². The van der Waals surface area contributed by atoms with Gasteiger partial charge in [-0.05, 0) is 47.7 Å². The first kappa shape index (κ1) is 30.2. The fraction of sp³-hybridized carbons (Fsp3) is 0.423. The van der Waals surface area contributed by atoms with E-state index in [-0.39, 0.29) is 29.8 Å². The molecular weight excluding hydrogens is 577 g/mol. The van der Waals surface area contributed by atoms with Crippen molar-refractivity contribution in [3.8, 4) is 11.1 Å². The Hall–Kier alpha value is -2.75. The maximum absolute atomic E-state index is 13.3. The van der Waals surface area contributed by atoms with Crippen molar-refractivity contribution in [3.63, 3.8) is 0 Å². The van der Waals surface area contributed by atoms with Crippen LogP contribution in [-0.4, -0.2) is 78.5 Å². The highest BCUT2D eigenvalue weighted by Crippen LogP contribution is 2.46. The molecule has 1 aromatic heterocycles. The predicted octanol–water partition coefficient (Wildman–Crippen LogP) is 2.30. The van der Waals surface area contributed by atoms with E-state index in [2.05, 4.69) is 10.3 Å². The van der Waals surface area contributed by atoms with Crippen LogP contribution in [0.4, 0.5) is 0 Å². The number of benzene rings is 2. The number of fused-ring (bicyclic) bond motifs is 1. The summed E-state index contributed by atoms with van der Waals surface area (Å²) in [5.41, 5.74) is 2.83. The molecule has 1 heterocycles. The van der Waals surface area contributed by atoms with Crippen LogP contribution < -0.4 is 10.5 Å². The smallest absolute Gasteiger partial charge is 0.253 e. The first-order chi connectivity index (χ1) is 18.9. The zero-order chi connectivity index (χ0) is 29.1. The minimum absolute atomic E-state index is 0.0948. The second-order valence-electron chi connectivity index (χ2n) is 9.84. The Morgan fingerprint density at radius 2 is 1.90 bits per heavy atom. The van der Waals surface area contributed by atoms with Crippen LogP contribution in [0.5, 0.6) is 0 Å². The zero-order valence-corrected chi connectivity index (χ0v) is 24.6. The number of amides is 2. The van der Waals surface area contributed by atoms with Gasteiger partial charge in [-0.25, -0.2) is 22.7 Å². The predicted molar refractivity (Wildman–Crippen MR) is 155 cm³/mol. The van der Waals surface area contributed by atoms with Crippen molar-refractivity contribution in [1.29, 1.82) is 0 Å². The summed E-state index contributed by atoms with van der Waals surface area (Å²) in [4.78, 5) is 32.1. The van der Waals surface area contributed by atoms with Crippen molar-refractivity contribution in [2.45, 2.75) is 24.0 Å².